The van der Waals surface area contributed by atoms with Crippen molar-refractivity contribution in [2.45, 2.75) is 91.5 Å². The van der Waals surface area contributed by atoms with Crippen LogP contribution in [0.25, 0.3) is 0 Å². The third-order valence-corrected chi connectivity index (χ3v) is 8.99. The van der Waals surface area contributed by atoms with Crippen LogP contribution in [0.2, 0.25) is 0 Å². The molecule has 1 amide bonds. The highest BCUT2D eigenvalue weighted by Gasteiger charge is 2.60. The summed E-state index contributed by atoms with van der Waals surface area (Å²) in [6, 6.07) is 0.360. The first-order valence-electron chi connectivity index (χ1n) is 10.9. The van der Waals surface area contributed by atoms with Crippen molar-refractivity contribution in [3.8, 4) is 0 Å². The molecule has 4 aliphatic rings. The predicted molar refractivity (Wildman–Crippen MR) is 103 cm³/mol. The molecule has 1 N–H and O–H groups in total. The fourth-order valence-electron chi connectivity index (χ4n) is 7.62. The Balaban J connectivity index is 1.72. The second-order valence-electron chi connectivity index (χ2n) is 10.2. The van der Waals surface area contributed by atoms with Crippen LogP contribution in [0.4, 0.5) is 0 Å². The van der Waals surface area contributed by atoms with Gasteiger partial charge in [-0.2, -0.15) is 0 Å². The average molecular weight is 344 g/mol. The van der Waals surface area contributed by atoms with Crippen molar-refractivity contribution < 1.29 is 4.79 Å². The highest BCUT2D eigenvalue weighted by Crippen LogP contribution is 2.65. The summed E-state index contributed by atoms with van der Waals surface area (Å²) in [7, 11) is 0. The SMILES string of the molecule is CCCCC1=CC(=O)NC2CC(C)[C@@H]3[C@@H](CC[C@]4(C)CCC[C@@H]34)[C@@]12C. The number of amides is 1. The maximum absolute atomic E-state index is 12.3. The molecule has 1 aliphatic heterocycles. The van der Waals surface area contributed by atoms with Gasteiger partial charge >= 0.3 is 0 Å². The van der Waals surface area contributed by atoms with Gasteiger partial charge in [0.1, 0.15) is 0 Å². The maximum Gasteiger partial charge on any atom is 0.244 e. The summed E-state index contributed by atoms with van der Waals surface area (Å²) in [5, 5.41) is 3.38. The largest absolute Gasteiger partial charge is 0.349 e. The van der Waals surface area contributed by atoms with Crippen molar-refractivity contribution in [1.82, 2.24) is 5.32 Å². The molecule has 4 rings (SSSR count). The molecule has 7 atom stereocenters. The van der Waals surface area contributed by atoms with Gasteiger partial charge in [0, 0.05) is 17.5 Å². The zero-order valence-electron chi connectivity index (χ0n) is 16.7. The highest BCUT2D eigenvalue weighted by atomic mass is 16.1. The van der Waals surface area contributed by atoms with Crippen molar-refractivity contribution in [2.24, 2.45) is 34.5 Å². The van der Waals surface area contributed by atoms with E-state index >= 15 is 0 Å². The fraction of sp³-hybridized carbons (Fsp3) is 0.870. The number of rotatable bonds is 3. The molecular formula is C23H37NO. The minimum absolute atomic E-state index is 0.167. The van der Waals surface area contributed by atoms with Gasteiger partial charge in [0.2, 0.25) is 5.91 Å². The van der Waals surface area contributed by atoms with Gasteiger partial charge in [-0.1, -0.05) is 46.1 Å². The lowest BCUT2D eigenvalue weighted by Crippen LogP contribution is -2.62. The Kier molecular flexibility index (Phi) is 4.32. The Morgan fingerprint density at radius 2 is 2.00 bits per heavy atom. The number of unbranched alkanes of at least 4 members (excludes halogenated alkanes) is 1. The van der Waals surface area contributed by atoms with E-state index in [1.807, 2.05) is 6.08 Å². The second kappa shape index (κ2) is 6.13. The van der Waals surface area contributed by atoms with E-state index in [1.165, 1.54) is 56.9 Å². The first kappa shape index (κ1) is 17.6. The van der Waals surface area contributed by atoms with Crippen LogP contribution in [0.3, 0.4) is 0 Å². The van der Waals surface area contributed by atoms with E-state index < -0.39 is 0 Å². The van der Waals surface area contributed by atoms with E-state index in [-0.39, 0.29) is 11.3 Å². The van der Waals surface area contributed by atoms with Gasteiger partial charge in [0.25, 0.3) is 0 Å². The summed E-state index contributed by atoms with van der Waals surface area (Å²) < 4.78 is 0. The third-order valence-electron chi connectivity index (χ3n) is 8.99. The topological polar surface area (TPSA) is 29.1 Å². The number of hydrogen-bond acceptors (Lipinski definition) is 1. The van der Waals surface area contributed by atoms with Crippen LogP contribution < -0.4 is 5.32 Å². The Labute approximate surface area is 154 Å². The van der Waals surface area contributed by atoms with E-state index in [9.17, 15) is 4.79 Å². The van der Waals surface area contributed by atoms with Crippen LogP contribution >= 0.6 is 0 Å². The number of carbonyl (C=O) groups is 1. The maximum atomic E-state index is 12.3. The molecule has 3 fully saturated rings. The summed E-state index contributed by atoms with van der Waals surface area (Å²) >= 11 is 0. The molecule has 0 radical (unpaired) electrons. The minimum Gasteiger partial charge on any atom is -0.349 e. The van der Waals surface area contributed by atoms with Gasteiger partial charge < -0.3 is 5.32 Å². The van der Waals surface area contributed by atoms with Crippen LogP contribution in [0, 0.1) is 34.5 Å². The van der Waals surface area contributed by atoms with Crippen LogP contribution in [0.5, 0.6) is 0 Å². The normalized spacial score (nSPS) is 48.9. The van der Waals surface area contributed by atoms with Gasteiger partial charge in [-0.05, 0) is 74.0 Å². The molecule has 0 aromatic carbocycles. The summed E-state index contributed by atoms with van der Waals surface area (Å²) in [6.07, 6.45) is 13.8. The molecule has 0 aromatic rings. The zero-order valence-corrected chi connectivity index (χ0v) is 16.7. The molecule has 0 bridgehead atoms. The summed E-state index contributed by atoms with van der Waals surface area (Å²) in [4.78, 5) is 12.3. The molecule has 0 aromatic heterocycles. The quantitative estimate of drug-likeness (QED) is 0.722. The van der Waals surface area contributed by atoms with Crippen molar-refractivity contribution in [1.29, 1.82) is 0 Å². The number of fused-ring (bicyclic) bond motifs is 5. The van der Waals surface area contributed by atoms with Crippen LogP contribution in [-0.4, -0.2) is 11.9 Å². The van der Waals surface area contributed by atoms with Crippen molar-refractivity contribution in [3.05, 3.63) is 11.6 Å². The number of hydrogen-bond donors (Lipinski definition) is 1. The molecule has 2 unspecified atom stereocenters. The van der Waals surface area contributed by atoms with Crippen LogP contribution in [0.1, 0.15) is 85.5 Å². The summed E-state index contributed by atoms with van der Waals surface area (Å²) in [5.74, 6) is 3.46. The van der Waals surface area contributed by atoms with Crippen molar-refractivity contribution in [3.63, 3.8) is 0 Å². The molecule has 3 saturated carbocycles. The van der Waals surface area contributed by atoms with E-state index in [0.29, 0.717) is 11.5 Å². The van der Waals surface area contributed by atoms with Crippen molar-refractivity contribution >= 4 is 5.91 Å². The molecule has 1 heterocycles. The van der Waals surface area contributed by atoms with Gasteiger partial charge in [-0.15, -0.1) is 0 Å². The van der Waals surface area contributed by atoms with Gasteiger partial charge in [-0.25, -0.2) is 0 Å². The smallest absolute Gasteiger partial charge is 0.244 e. The molecular weight excluding hydrogens is 306 g/mol. The van der Waals surface area contributed by atoms with Crippen LogP contribution in [-0.2, 0) is 4.79 Å². The van der Waals surface area contributed by atoms with Crippen LogP contribution in [0.15, 0.2) is 11.6 Å². The minimum atomic E-state index is 0.167. The van der Waals surface area contributed by atoms with E-state index in [2.05, 4.69) is 33.0 Å². The number of carbonyl (C=O) groups excluding carboxylic acids is 1. The van der Waals surface area contributed by atoms with Gasteiger partial charge in [0.05, 0.1) is 0 Å². The van der Waals surface area contributed by atoms with Crippen molar-refractivity contribution in [2.75, 3.05) is 0 Å². The van der Waals surface area contributed by atoms with E-state index in [0.717, 1.165) is 30.1 Å². The molecule has 25 heavy (non-hydrogen) atoms. The first-order valence-corrected chi connectivity index (χ1v) is 10.9. The monoisotopic (exact) mass is 343 g/mol. The molecule has 0 spiro atoms. The first-order chi connectivity index (χ1) is 11.9. The molecule has 2 heteroatoms. The highest BCUT2D eigenvalue weighted by molar-refractivity contribution is 5.90. The lowest BCUT2D eigenvalue weighted by Gasteiger charge is -2.62. The zero-order chi connectivity index (χ0) is 17.8. The Bertz CT molecular complexity index is 581. The predicted octanol–water partition coefficient (Wildman–Crippen LogP) is 5.48. The lowest BCUT2D eigenvalue weighted by molar-refractivity contribution is -0.126. The van der Waals surface area contributed by atoms with E-state index in [1.54, 1.807) is 0 Å². The molecule has 2 nitrogen and oxygen atoms in total. The summed E-state index contributed by atoms with van der Waals surface area (Å²) in [5.41, 5.74) is 2.28. The Morgan fingerprint density at radius 3 is 2.76 bits per heavy atom. The standard InChI is InChI=1S/C23H37NO/c1-5-6-8-16-14-20(25)24-19-13-15(2)21-17-9-7-11-22(17,3)12-10-18(21)23(16,19)4/h14-15,17-19,21H,5-13H2,1-4H3,(H,24,25)/t15?,17-,18+,19?,21-,22-,23+/m0/s1. The number of nitrogens with one attached hydrogen (secondary N) is 1. The van der Waals surface area contributed by atoms with Gasteiger partial charge in [0.15, 0.2) is 0 Å². The lowest BCUT2D eigenvalue weighted by atomic mass is 9.44. The molecule has 140 valence electrons. The Hall–Kier alpha value is -0.790. The molecule has 3 aliphatic carbocycles. The van der Waals surface area contributed by atoms with E-state index in [4.69, 9.17) is 0 Å². The van der Waals surface area contributed by atoms with Gasteiger partial charge in [-0.3, -0.25) is 4.79 Å². The Morgan fingerprint density at radius 1 is 1.20 bits per heavy atom. The average Bonchev–Trinajstić information content (AvgIpc) is 2.96. The molecule has 0 saturated heterocycles. The summed E-state index contributed by atoms with van der Waals surface area (Å²) in [6.45, 7) is 9.84. The second-order valence-corrected chi connectivity index (χ2v) is 10.2. The third kappa shape index (κ3) is 2.53. The fourth-order valence-corrected chi connectivity index (χ4v) is 7.62.